The number of nitrogens with zero attached hydrogens (tertiary/aromatic N) is 2. The van der Waals surface area contributed by atoms with Crippen LogP contribution in [0.25, 0.3) is 0 Å². The molecule has 1 N–H and O–H groups in total. The molecule has 1 atom stereocenters. The van der Waals surface area contributed by atoms with E-state index < -0.39 is 5.92 Å². The number of pyridine rings is 1. The highest BCUT2D eigenvalue weighted by atomic mass is 16.5. The molecule has 1 saturated heterocycles. The van der Waals surface area contributed by atoms with Crippen molar-refractivity contribution in [3.8, 4) is 11.5 Å². The average molecular weight is 341 g/mol. The Bertz CT molecular complexity index is 779. The number of aromatic nitrogens is 1. The van der Waals surface area contributed by atoms with Crippen LogP contribution in [0, 0.1) is 5.92 Å². The second-order valence-corrected chi connectivity index (χ2v) is 5.67. The summed E-state index contributed by atoms with van der Waals surface area (Å²) in [5, 5.41) is 2.79. The molecule has 3 rings (SSSR count). The zero-order valence-corrected chi connectivity index (χ0v) is 14.1. The van der Waals surface area contributed by atoms with Gasteiger partial charge < -0.3 is 19.7 Å². The number of amides is 2. The minimum Gasteiger partial charge on any atom is -0.497 e. The summed E-state index contributed by atoms with van der Waals surface area (Å²) in [6, 6.07) is 8.73. The van der Waals surface area contributed by atoms with Crippen LogP contribution in [-0.4, -0.2) is 37.6 Å². The monoisotopic (exact) mass is 341 g/mol. The molecule has 1 aliphatic rings. The Hall–Kier alpha value is -3.09. The summed E-state index contributed by atoms with van der Waals surface area (Å²) in [6.45, 7) is 0.286. The Morgan fingerprint density at radius 1 is 1.28 bits per heavy atom. The number of methoxy groups -OCH3 is 2. The molecular weight excluding hydrogens is 322 g/mol. The molecule has 1 aromatic heterocycles. The molecule has 2 heterocycles. The summed E-state index contributed by atoms with van der Waals surface area (Å²) in [4.78, 5) is 30.4. The van der Waals surface area contributed by atoms with Gasteiger partial charge in [0.15, 0.2) is 0 Å². The van der Waals surface area contributed by atoms with Crippen molar-refractivity contribution in [2.45, 2.75) is 6.42 Å². The number of anilines is 2. The van der Waals surface area contributed by atoms with Crippen LogP contribution in [0.4, 0.5) is 11.4 Å². The van der Waals surface area contributed by atoms with Crippen LogP contribution in [0.5, 0.6) is 11.5 Å². The van der Waals surface area contributed by atoms with Gasteiger partial charge in [-0.15, -0.1) is 0 Å². The van der Waals surface area contributed by atoms with Gasteiger partial charge in [0.25, 0.3) is 0 Å². The zero-order valence-electron chi connectivity index (χ0n) is 14.1. The summed E-state index contributed by atoms with van der Waals surface area (Å²) in [6.07, 6.45) is 3.34. The van der Waals surface area contributed by atoms with Crippen LogP contribution < -0.4 is 19.7 Å². The number of nitrogens with one attached hydrogen (secondary N) is 1. The summed E-state index contributed by atoms with van der Waals surface area (Å²) in [5.74, 6) is 0.404. The fourth-order valence-corrected chi connectivity index (χ4v) is 2.80. The second-order valence-electron chi connectivity index (χ2n) is 5.67. The van der Waals surface area contributed by atoms with Gasteiger partial charge >= 0.3 is 0 Å². The predicted octanol–water partition coefficient (Wildman–Crippen LogP) is 2.09. The molecule has 0 aliphatic carbocycles. The molecule has 2 amide bonds. The first-order valence-corrected chi connectivity index (χ1v) is 7.85. The number of hydrogen-bond acceptors (Lipinski definition) is 5. The van der Waals surface area contributed by atoms with Gasteiger partial charge in [-0.05, 0) is 24.3 Å². The lowest BCUT2D eigenvalue weighted by Crippen LogP contribution is -2.28. The van der Waals surface area contributed by atoms with Crippen LogP contribution in [0.1, 0.15) is 6.42 Å². The highest BCUT2D eigenvalue weighted by Gasteiger charge is 2.36. The Morgan fingerprint density at radius 3 is 2.80 bits per heavy atom. The van der Waals surface area contributed by atoms with E-state index in [2.05, 4.69) is 10.3 Å². The van der Waals surface area contributed by atoms with Crippen molar-refractivity contribution in [3.63, 3.8) is 0 Å². The van der Waals surface area contributed by atoms with Gasteiger partial charge in [-0.3, -0.25) is 14.6 Å². The number of benzene rings is 1. The molecule has 0 radical (unpaired) electrons. The zero-order chi connectivity index (χ0) is 17.8. The third kappa shape index (κ3) is 3.55. The SMILES string of the molecule is COc1ccc(OC)c(N2C[C@H](C(=O)Nc3cccnc3)CC2=O)c1. The average Bonchev–Trinajstić information content (AvgIpc) is 3.03. The molecule has 1 aliphatic heterocycles. The van der Waals surface area contributed by atoms with Gasteiger partial charge in [0.05, 0.1) is 37.7 Å². The van der Waals surface area contributed by atoms with Gasteiger partial charge in [0.1, 0.15) is 11.5 Å². The molecule has 130 valence electrons. The van der Waals surface area contributed by atoms with Gasteiger partial charge in [-0.25, -0.2) is 0 Å². The van der Waals surface area contributed by atoms with E-state index in [1.807, 2.05) is 0 Å². The lowest BCUT2D eigenvalue weighted by molar-refractivity contribution is -0.122. The van der Waals surface area contributed by atoms with Crippen LogP contribution in [0.3, 0.4) is 0 Å². The Morgan fingerprint density at radius 2 is 2.12 bits per heavy atom. The number of carbonyl (C=O) groups excluding carboxylic acids is 2. The second kappa shape index (κ2) is 7.21. The molecule has 0 bridgehead atoms. The topological polar surface area (TPSA) is 80.8 Å². The largest absolute Gasteiger partial charge is 0.497 e. The van der Waals surface area contributed by atoms with Gasteiger partial charge in [-0.2, -0.15) is 0 Å². The van der Waals surface area contributed by atoms with E-state index in [1.165, 1.54) is 0 Å². The minimum absolute atomic E-state index is 0.127. The van der Waals surface area contributed by atoms with Gasteiger partial charge in [0, 0.05) is 25.2 Å². The molecule has 7 heteroatoms. The smallest absolute Gasteiger partial charge is 0.229 e. The van der Waals surface area contributed by atoms with Gasteiger partial charge in [0.2, 0.25) is 11.8 Å². The molecule has 0 unspecified atom stereocenters. The summed E-state index contributed by atoms with van der Waals surface area (Å²) < 4.78 is 10.6. The van der Waals surface area contributed by atoms with E-state index >= 15 is 0 Å². The fourth-order valence-electron chi connectivity index (χ4n) is 2.80. The maximum Gasteiger partial charge on any atom is 0.229 e. The number of carbonyl (C=O) groups is 2. The Balaban J connectivity index is 1.77. The molecule has 2 aromatic rings. The summed E-state index contributed by atoms with van der Waals surface area (Å²) in [7, 11) is 3.10. The van der Waals surface area contributed by atoms with Crippen LogP contribution in [0.15, 0.2) is 42.7 Å². The van der Waals surface area contributed by atoms with Gasteiger partial charge in [-0.1, -0.05) is 0 Å². The van der Waals surface area contributed by atoms with Crippen molar-refractivity contribution in [2.75, 3.05) is 31.0 Å². The molecule has 1 fully saturated rings. The highest BCUT2D eigenvalue weighted by molar-refractivity contribution is 6.04. The molecule has 1 aromatic carbocycles. The van der Waals surface area contributed by atoms with Crippen molar-refractivity contribution in [1.82, 2.24) is 4.98 Å². The Kier molecular flexibility index (Phi) is 4.83. The van der Waals surface area contributed by atoms with Crippen LogP contribution in [-0.2, 0) is 9.59 Å². The fraction of sp³-hybridized carbons (Fsp3) is 0.278. The number of hydrogen-bond donors (Lipinski definition) is 1. The number of ether oxygens (including phenoxy) is 2. The maximum atomic E-state index is 12.4. The van der Waals surface area contributed by atoms with Crippen LogP contribution >= 0.6 is 0 Å². The third-order valence-electron chi connectivity index (χ3n) is 4.10. The van der Waals surface area contributed by atoms with E-state index in [-0.39, 0.29) is 24.8 Å². The molecule has 0 spiro atoms. The molecule has 25 heavy (non-hydrogen) atoms. The van der Waals surface area contributed by atoms with E-state index in [0.29, 0.717) is 22.9 Å². The van der Waals surface area contributed by atoms with Crippen molar-refractivity contribution < 1.29 is 19.1 Å². The van der Waals surface area contributed by atoms with Crippen molar-refractivity contribution >= 4 is 23.2 Å². The lowest BCUT2D eigenvalue weighted by Gasteiger charge is -2.20. The van der Waals surface area contributed by atoms with Crippen molar-refractivity contribution in [2.24, 2.45) is 5.92 Å². The Labute approximate surface area is 145 Å². The standard InChI is InChI=1S/C18H19N3O4/c1-24-14-5-6-16(25-2)15(9-14)21-11-12(8-17(21)22)18(23)20-13-4-3-7-19-10-13/h3-7,9-10,12H,8,11H2,1-2H3,(H,20,23)/t12-/m1/s1. The molecule has 7 nitrogen and oxygen atoms in total. The quantitative estimate of drug-likeness (QED) is 0.901. The first kappa shape index (κ1) is 16.8. The third-order valence-corrected chi connectivity index (χ3v) is 4.10. The first-order chi connectivity index (χ1) is 12.1. The van der Waals surface area contributed by atoms with E-state index in [0.717, 1.165) is 0 Å². The predicted molar refractivity (Wildman–Crippen MR) is 92.9 cm³/mol. The molecule has 0 saturated carbocycles. The summed E-state index contributed by atoms with van der Waals surface area (Å²) in [5.41, 5.74) is 1.21. The number of rotatable bonds is 5. The normalized spacial score (nSPS) is 16.6. The maximum absolute atomic E-state index is 12.4. The van der Waals surface area contributed by atoms with E-state index in [9.17, 15) is 9.59 Å². The van der Waals surface area contributed by atoms with Crippen molar-refractivity contribution in [1.29, 1.82) is 0 Å². The van der Waals surface area contributed by atoms with Crippen LogP contribution in [0.2, 0.25) is 0 Å². The summed E-state index contributed by atoms with van der Waals surface area (Å²) >= 11 is 0. The van der Waals surface area contributed by atoms with E-state index in [1.54, 1.807) is 61.8 Å². The van der Waals surface area contributed by atoms with E-state index in [4.69, 9.17) is 9.47 Å². The molecular formula is C18H19N3O4. The van der Waals surface area contributed by atoms with Crippen molar-refractivity contribution in [3.05, 3.63) is 42.7 Å². The first-order valence-electron chi connectivity index (χ1n) is 7.85. The minimum atomic E-state index is -0.441. The lowest BCUT2D eigenvalue weighted by atomic mass is 10.1. The highest BCUT2D eigenvalue weighted by Crippen LogP contribution is 2.36.